The summed E-state index contributed by atoms with van der Waals surface area (Å²) in [6.07, 6.45) is 3.27. The molecule has 0 saturated carbocycles. The molecule has 1 aromatic carbocycles. The number of rotatable bonds is 0. The zero-order valence-electron chi connectivity index (χ0n) is 5.65. The molecule has 10 heavy (non-hydrogen) atoms. The van der Waals surface area contributed by atoms with E-state index in [4.69, 9.17) is 0 Å². The first kappa shape index (κ1) is 5.90. The first-order valence-electron chi connectivity index (χ1n) is 3.55. The minimum Gasteiger partial charge on any atom is -0.207 e. The molecule has 1 aliphatic carbocycles. The first-order valence-corrected chi connectivity index (χ1v) is 3.55. The van der Waals surface area contributed by atoms with Crippen molar-refractivity contribution in [1.82, 2.24) is 0 Å². The molecule has 0 nitrogen and oxygen atoms in total. The minimum absolute atomic E-state index is 0.152. The Balaban J connectivity index is 2.52. The summed E-state index contributed by atoms with van der Waals surface area (Å²) in [6, 6.07) is 5.99. The van der Waals surface area contributed by atoms with Crippen LogP contribution in [0.4, 0.5) is 4.39 Å². The number of hydrogen-bond acceptors (Lipinski definition) is 0. The summed E-state index contributed by atoms with van der Waals surface area (Å²) in [5.74, 6) is -0.152. The average Bonchev–Trinajstić information content (AvgIpc) is 2.33. The first-order chi connectivity index (χ1) is 4.86. The molecule has 0 atom stereocenters. The van der Waals surface area contributed by atoms with Gasteiger partial charge in [0.05, 0.1) is 0 Å². The third-order valence-electron chi connectivity index (χ3n) is 1.96. The van der Waals surface area contributed by atoms with Crippen LogP contribution in [0.2, 0.25) is 0 Å². The van der Waals surface area contributed by atoms with Crippen molar-refractivity contribution in [3.8, 4) is 0 Å². The van der Waals surface area contributed by atoms with Crippen LogP contribution >= 0.6 is 0 Å². The van der Waals surface area contributed by atoms with Crippen molar-refractivity contribution in [1.29, 1.82) is 0 Å². The van der Waals surface area contributed by atoms with Crippen molar-refractivity contribution in [2.75, 3.05) is 0 Å². The van der Waals surface area contributed by atoms with Gasteiger partial charge in [0.1, 0.15) is 5.82 Å². The smallest absolute Gasteiger partial charge is 0.124 e. The molecular formula is C9H8F. The van der Waals surface area contributed by atoms with Crippen LogP contribution in [0.15, 0.2) is 12.1 Å². The maximum Gasteiger partial charge on any atom is 0.124 e. The summed E-state index contributed by atoms with van der Waals surface area (Å²) in [7, 11) is 0. The van der Waals surface area contributed by atoms with Crippen molar-refractivity contribution in [2.24, 2.45) is 0 Å². The average molecular weight is 135 g/mol. The van der Waals surface area contributed by atoms with Crippen LogP contribution in [0.1, 0.15) is 17.5 Å². The Kier molecular flexibility index (Phi) is 1.23. The summed E-state index contributed by atoms with van der Waals surface area (Å²) in [5, 5.41) is 0. The van der Waals surface area contributed by atoms with E-state index in [9.17, 15) is 4.39 Å². The van der Waals surface area contributed by atoms with Gasteiger partial charge in [-0.1, -0.05) is 0 Å². The van der Waals surface area contributed by atoms with E-state index in [1.54, 1.807) is 6.07 Å². The van der Waals surface area contributed by atoms with E-state index in [1.165, 1.54) is 11.6 Å². The van der Waals surface area contributed by atoms with Gasteiger partial charge in [-0.25, -0.2) is 4.39 Å². The predicted octanol–water partition coefficient (Wildman–Crippen LogP) is 2.11. The van der Waals surface area contributed by atoms with Crippen LogP contribution in [-0.2, 0) is 12.8 Å². The Bertz CT molecular complexity index is 253. The molecule has 0 heterocycles. The minimum atomic E-state index is -0.152. The van der Waals surface area contributed by atoms with E-state index in [2.05, 4.69) is 6.07 Å². The number of aryl methyl sites for hydroxylation is 2. The molecule has 2 rings (SSSR count). The Morgan fingerprint density at radius 1 is 1.40 bits per heavy atom. The van der Waals surface area contributed by atoms with E-state index >= 15 is 0 Å². The van der Waals surface area contributed by atoms with Crippen molar-refractivity contribution >= 4 is 0 Å². The van der Waals surface area contributed by atoms with Crippen LogP contribution < -0.4 is 0 Å². The lowest BCUT2D eigenvalue weighted by Crippen LogP contribution is -1.83. The van der Waals surface area contributed by atoms with E-state index in [0.29, 0.717) is 0 Å². The van der Waals surface area contributed by atoms with Crippen LogP contribution in [-0.4, -0.2) is 0 Å². The second-order valence-electron chi connectivity index (χ2n) is 2.68. The predicted molar refractivity (Wildman–Crippen MR) is 37.3 cm³/mol. The van der Waals surface area contributed by atoms with Crippen LogP contribution in [0.5, 0.6) is 0 Å². The highest BCUT2D eigenvalue weighted by molar-refractivity contribution is 5.30. The fourth-order valence-electron chi connectivity index (χ4n) is 1.46. The van der Waals surface area contributed by atoms with Gasteiger partial charge in [-0.05, 0) is 48.6 Å². The Morgan fingerprint density at radius 3 is 3.20 bits per heavy atom. The normalized spacial score (nSPS) is 15.3. The lowest BCUT2D eigenvalue weighted by Gasteiger charge is -1.95. The summed E-state index contributed by atoms with van der Waals surface area (Å²) in [6.45, 7) is 0. The molecule has 0 bridgehead atoms. The molecule has 0 amide bonds. The zero-order valence-corrected chi connectivity index (χ0v) is 5.65. The molecular weight excluding hydrogens is 127 g/mol. The van der Waals surface area contributed by atoms with Crippen LogP contribution in [0.3, 0.4) is 0 Å². The molecule has 0 saturated heterocycles. The molecule has 51 valence electrons. The number of fused-ring (bicyclic) bond motifs is 1. The Labute approximate surface area is 59.7 Å². The monoisotopic (exact) mass is 135 g/mol. The number of hydrogen-bond donors (Lipinski definition) is 0. The SMILES string of the molecule is Fc1c[c]c2c(c1)CCC2. The molecule has 0 N–H and O–H groups in total. The maximum atomic E-state index is 12.5. The largest absolute Gasteiger partial charge is 0.207 e. The summed E-state index contributed by atoms with van der Waals surface area (Å²) in [4.78, 5) is 0. The summed E-state index contributed by atoms with van der Waals surface area (Å²) in [5.41, 5.74) is 2.36. The standard InChI is InChI=1S/C9H8F/c10-9-5-4-7-2-1-3-8(7)6-9/h5-6H,1-3H2. The zero-order chi connectivity index (χ0) is 6.97. The van der Waals surface area contributed by atoms with Crippen molar-refractivity contribution < 1.29 is 4.39 Å². The molecule has 1 aromatic rings. The topological polar surface area (TPSA) is 0 Å². The molecule has 1 heteroatoms. The Hall–Kier alpha value is -0.850. The van der Waals surface area contributed by atoms with Crippen molar-refractivity contribution in [3.63, 3.8) is 0 Å². The van der Waals surface area contributed by atoms with Crippen molar-refractivity contribution in [2.45, 2.75) is 19.3 Å². The second kappa shape index (κ2) is 2.08. The molecule has 0 fully saturated rings. The molecule has 0 unspecified atom stereocenters. The third-order valence-corrected chi connectivity index (χ3v) is 1.96. The molecule has 0 spiro atoms. The summed E-state index contributed by atoms with van der Waals surface area (Å²) < 4.78 is 12.5. The molecule has 0 aromatic heterocycles. The third kappa shape index (κ3) is 0.821. The van der Waals surface area contributed by atoms with Gasteiger partial charge in [0.25, 0.3) is 0 Å². The van der Waals surface area contributed by atoms with Gasteiger partial charge in [0.2, 0.25) is 0 Å². The van der Waals surface area contributed by atoms with Gasteiger partial charge in [-0.2, -0.15) is 0 Å². The highest BCUT2D eigenvalue weighted by Gasteiger charge is 2.10. The fraction of sp³-hybridized carbons (Fsp3) is 0.333. The Morgan fingerprint density at radius 2 is 2.30 bits per heavy atom. The van der Waals surface area contributed by atoms with Gasteiger partial charge in [0, 0.05) is 0 Å². The van der Waals surface area contributed by atoms with Crippen LogP contribution in [0, 0.1) is 11.9 Å². The van der Waals surface area contributed by atoms with Gasteiger partial charge in [0.15, 0.2) is 0 Å². The highest BCUT2D eigenvalue weighted by atomic mass is 19.1. The lowest BCUT2D eigenvalue weighted by molar-refractivity contribution is 0.625. The second-order valence-corrected chi connectivity index (χ2v) is 2.68. The fourth-order valence-corrected chi connectivity index (χ4v) is 1.46. The van der Waals surface area contributed by atoms with Gasteiger partial charge in [-0.3, -0.25) is 0 Å². The van der Waals surface area contributed by atoms with Crippen molar-refractivity contribution in [3.05, 3.63) is 35.1 Å². The molecule has 1 radical (unpaired) electrons. The molecule has 1 aliphatic rings. The number of halogens is 1. The van der Waals surface area contributed by atoms with Gasteiger partial charge >= 0.3 is 0 Å². The quantitative estimate of drug-likeness (QED) is 0.511. The van der Waals surface area contributed by atoms with E-state index in [0.717, 1.165) is 24.8 Å². The van der Waals surface area contributed by atoms with E-state index in [1.807, 2.05) is 0 Å². The number of benzene rings is 1. The van der Waals surface area contributed by atoms with Gasteiger partial charge < -0.3 is 0 Å². The lowest BCUT2D eigenvalue weighted by atomic mass is 10.1. The van der Waals surface area contributed by atoms with E-state index < -0.39 is 0 Å². The molecule has 0 aliphatic heterocycles. The van der Waals surface area contributed by atoms with Crippen LogP contribution in [0.25, 0.3) is 0 Å². The van der Waals surface area contributed by atoms with E-state index in [-0.39, 0.29) is 5.82 Å². The summed E-state index contributed by atoms with van der Waals surface area (Å²) >= 11 is 0. The highest BCUT2D eigenvalue weighted by Crippen LogP contribution is 2.21. The van der Waals surface area contributed by atoms with Gasteiger partial charge in [-0.15, -0.1) is 0 Å². The maximum absolute atomic E-state index is 12.5.